The van der Waals surface area contributed by atoms with Crippen molar-refractivity contribution >= 4 is 18.0 Å². The summed E-state index contributed by atoms with van der Waals surface area (Å²) in [4.78, 5) is 36.4. The summed E-state index contributed by atoms with van der Waals surface area (Å²) in [5.74, 6) is -0.841. The first-order valence-corrected chi connectivity index (χ1v) is 9.77. The van der Waals surface area contributed by atoms with Crippen molar-refractivity contribution in [2.24, 2.45) is 0 Å². The summed E-state index contributed by atoms with van der Waals surface area (Å²) in [7, 11) is 0. The van der Waals surface area contributed by atoms with Gasteiger partial charge in [-0.05, 0) is 49.6 Å². The summed E-state index contributed by atoms with van der Waals surface area (Å²) in [6.45, 7) is 5.73. The SMILES string of the molecule is CCOC(=O)C1=C(C)NC(=O)NC1c1ccc(-c2cccc(C(=O)OCC)c2)cc1. The van der Waals surface area contributed by atoms with Crippen LogP contribution in [0.2, 0.25) is 0 Å². The maximum atomic E-state index is 12.4. The third-order valence-electron chi connectivity index (χ3n) is 4.72. The van der Waals surface area contributed by atoms with E-state index in [1.54, 1.807) is 39.0 Å². The fourth-order valence-corrected chi connectivity index (χ4v) is 3.33. The van der Waals surface area contributed by atoms with Crippen LogP contribution in [0.4, 0.5) is 4.79 Å². The van der Waals surface area contributed by atoms with Gasteiger partial charge < -0.3 is 20.1 Å². The molecule has 1 aliphatic heterocycles. The first-order chi connectivity index (χ1) is 14.4. The van der Waals surface area contributed by atoms with Crippen molar-refractivity contribution in [2.75, 3.05) is 13.2 Å². The molecule has 1 unspecified atom stereocenters. The number of amides is 2. The molecule has 0 spiro atoms. The second-order valence-corrected chi connectivity index (χ2v) is 6.71. The molecule has 0 aliphatic carbocycles. The smallest absolute Gasteiger partial charge is 0.338 e. The van der Waals surface area contributed by atoms with Gasteiger partial charge in [0.05, 0.1) is 30.4 Å². The van der Waals surface area contributed by atoms with Crippen molar-refractivity contribution < 1.29 is 23.9 Å². The van der Waals surface area contributed by atoms with Crippen molar-refractivity contribution in [2.45, 2.75) is 26.8 Å². The van der Waals surface area contributed by atoms with Crippen LogP contribution in [0.5, 0.6) is 0 Å². The average Bonchev–Trinajstić information content (AvgIpc) is 2.73. The molecule has 2 amide bonds. The lowest BCUT2D eigenvalue weighted by Gasteiger charge is -2.28. The molecule has 7 nitrogen and oxygen atoms in total. The minimum atomic E-state index is -0.613. The first kappa shape index (κ1) is 21.1. The molecule has 1 heterocycles. The number of hydrogen-bond acceptors (Lipinski definition) is 5. The van der Waals surface area contributed by atoms with Crippen LogP contribution in [-0.4, -0.2) is 31.2 Å². The van der Waals surface area contributed by atoms with Gasteiger partial charge in [0, 0.05) is 5.70 Å². The van der Waals surface area contributed by atoms with E-state index in [4.69, 9.17) is 9.47 Å². The van der Waals surface area contributed by atoms with Crippen LogP contribution in [0.15, 0.2) is 59.8 Å². The van der Waals surface area contributed by atoms with Crippen LogP contribution >= 0.6 is 0 Å². The molecular formula is C23H24N2O5. The van der Waals surface area contributed by atoms with Crippen LogP contribution in [0.1, 0.15) is 42.7 Å². The van der Waals surface area contributed by atoms with E-state index in [2.05, 4.69) is 10.6 Å². The molecule has 0 saturated heterocycles. The molecule has 0 radical (unpaired) electrons. The maximum absolute atomic E-state index is 12.4. The summed E-state index contributed by atoms with van der Waals surface area (Å²) in [6.07, 6.45) is 0. The molecule has 156 valence electrons. The Morgan fingerprint density at radius 2 is 1.60 bits per heavy atom. The topological polar surface area (TPSA) is 93.7 Å². The molecular weight excluding hydrogens is 384 g/mol. The number of carbonyl (C=O) groups is 3. The molecule has 3 rings (SSSR count). The van der Waals surface area contributed by atoms with E-state index in [0.29, 0.717) is 23.4 Å². The number of rotatable bonds is 6. The van der Waals surface area contributed by atoms with E-state index in [9.17, 15) is 14.4 Å². The number of ether oxygens (including phenoxy) is 2. The molecule has 2 aromatic carbocycles. The van der Waals surface area contributed by atoms with Gasteiger partial charge in [-0.25, -0.2) is 14.4 Å². The zero-order chi connectivity index (χ0) is 21.7. The highest BCUT2D eigenvalue weighted by Gasteiger charge is 2.32. The standard InChI is InChI=1S/C23H24N2O5/c1-4-29-21(26)18-8-6-7-17(13-18)15-9-11-16(12-10-15)20-19(22(27)30-5-2)14(3)24-23(28)25-20/h6-13,20H,4-5H2,1-3H3,(H2,24,25,28). The second-order valence-electron chi connectivity index (χ2n) is 6.71. The van der Waals surface area contributed by atoms with Crippen molar-refractivity contribution in [1.82, 2.24) is 10.6 Å². The molecule has 1 atom stereocenters. The summed E-state index contributed by atoms with van der Waals surface area (Å²) in [5.41, 5.74) is 3.81. The van der Waals surface area contributed by atoms with E-state index in [1.165, 1.54) is 0 Å². The Labute approximate surface area is 175 Å². The van der Waals surface area contributed by atoms with Crippen LogP contribution in [0, 0.1) is 0 Å². The van der Waals surface area contributed by atoms with Gasteiger partial charge in [-0.1, -0.05) is 36.4 Å². The number of urea groups is 1. The Morgan fingerprint density at radius 1 is 0.933 bits per heavy atom. The first-order valence-electron chi connectivity index (χ1n) is 9.77. The summed E-state index contributed by atoms with van der Waals surface area (Å²) in [5, 5.41) is 5.40. The highest BCUT2D eigenvalue weighted by atomic mass is 16.5. The minimum Gasteiger partial charge on any atom is -0.463 e. The number of hydrogen-bond donors (Lipinski definition) is 2. The predicted octanol–water partition coefficient (Wildman–Crippen LogP) is 3.72. The van der Waals surface area contributed by atoms with Crippen LogP contribution in [0.3, 0.4) is 0 Å². The van der Waals surface area contributed by atoms with Gasteiger partial charge in [0.2, 0.25) is 0 Å². The monoisotopic (exact) mass is 408 g/mol. The van der Waals surface area contributed by atoms with Gasteiger partial charge >= 0.3 is 18.0 Å². The molecule has 0 saturated carbocycles. The summed E-state index contributed by atoms with van der Waals surface area (Å²) < 4.78 is 10.2. The third kappa shape index (κ3) is 4.51. The average molecular weight is 408 g/mol. The molecule has 0 aromatic heterocycles. The van der Waals surface area contributed by atoms with Gasteiger partial charge in [0.15, 0.2) is 0 Å². The molecule has 0 bridgehead atoms. The fourth-order valence-electron chi connectivity index (χ4n) is 3.33. The van der Waals surface area contributed by atoms with Gasteiger partial charge in [0.25, 0.3) is 0 Å². The number of allylic oxidation sites excluding steroid dienone is 1. The summed E-state index contributed by atoms with van der Waals surface area (Å²) in [6, 6.07) is 13.6. The third-order valence-corrected chi connectivity index (χ3v) is 4.72. The molecule has 2 aromatic rings. The highest BCUT2D eigenvalue weighted by molar-refractivity contribution is 5.95. The van der Waals surface area contributed by atoms with Gasteiger partial charge in [-0.15, -0.1) is 0 Å². The van der Waals surface area contributed by atoms with Crippen molar-refractivity contribution in [1.29, 1.82) is 0 Å². The molecule has 2 N–H and O–H groups in total. The number of esters is 2. The maximum Gasteiger partial charge on any atom is 0.338 e. The normalized spacial score (nSPS) is 15.8. The molecule has 30 heavy (non-hydrogen) atoms. The Balaban J connectivity index is 1.90. The van der Waals surface area contributed by atoms with E-state index < -0.39 is 12.0 Å². The Morgan fingerprint density at radius 3 is 2.27 bits per heavy atom. The van der Waals surface area contributed by atoms with E-state index in [1.807, 2.05) is 30.3 Å². The van der Waals surface area contributed by atoms with Gasteiger partial charge in [-0.3, -0.25) is 0 Å². The largest absolute Gasteiger partial charge is 0.463 e. The van der Waals surface area contributed by atoms with Gasteiger partial charge in [-0.2, -0.15) is 0 Å². The predicted molar refractivity (Wildman–Crippen MR) is 112 cm³/mol. The van der Waals surface area contributed by atoms with E-state index >= 15 is 0 Å². The quantitative estimate of drug-likeness (QED) is 0.711. The number of nitrogens with one attached hydrogen (secondary N) is 2. The Kier molecular flexibility index (Phi) is 6.51. The van der Waals surface area contributed by atoms with Gasteiger partial charge in [0.1, 0.15) is 0 Å². The summed E-state index contributed by atoms with van der Waals surface area (Å²) >= 11 is 0. The fraction of sp³-hybridized carbons (Fsp3) is 0.261. The van der Waals surface area contributed by atoms with Crippen LogP contribution in [-0.2, 0) is 14.3 Å². The zero-order valence-corrected chi connectivity index (χ0v) is 17.2. The van der Waals surface area contributed by atoms with Crippen molar-refractivity contribution in [3.05, 3.63) is 70.9 Å². The van der Waals surface area contributed by atoms with Crippen LogP contribution in [0.25, 0.3) is 11.1 Å². The molecule has 1 aliphatic rings. The van der Waals surface area contributed by atoms with E-state index in [-0.39, 0.29) is 18.6 Å². The second kappa shape index (κ2) is 9.26. The highest BCUT2D eigenvalue weighted by Crippen LogP contribution is 2.30. The minimum absolute atomic E-state index is 0.242. The lowest BCUT2D eigenvalue weighted by Crippen LogP contribution is -2.45. The molecule has 0 fully saturated rings. The number of benzene rings is 2. The van der Waals surface area contributed by atoms with Crippen molar-refractivity contribution in [3.63, 3.8) is 0 Å². The molecule has 7 heteroatoms. The van der Waals surface area contributed by atoms with Crippen LogP contribution < -0.4 is 10.6 Å². The van der Waals surface area contributed by atoms with E-state index in [0.717, 1.165) is 16.7 Å². The van der Waals surface area contributed by atoms with Crippen molar-refractivity contribution in [3.8, 4) is 11.1 Å². The number of carbonyl (C=O) groups excluding carboxylic acids is 3. The lowest BCUT2D eigenvalue weighted by molar-refractivity contribution is -0.139. The Hall–Kier alpha value is -3.61. The Bertz CT molecular complexity index is 995. The zero-order valence-electron chi connectivity index (χ0n) is 17.2. The lowest BCUT2D eigenvalue weighted by atomic mass is 9.93.